The number of rotatable bonds is 4. The van der Waals surface area contributed by atoms with Crippen LogP contribution in [-0.4, -0.2) is 44.7 Å². The second kappa shape index (κ2) is 6.29. The monoisotopic (exact) mass is 290 g/mol. The maximum atomic E-state index is 11.5. The van der Waals surface area contributed by atoms with Crippen LogP contribution in [0.2, 0.25) is 0 Å². The van der Waals surface area contributed by atoms with Crippen molar-refractivity contribution in [1.82, 2.24) is 4.98 Å². The number of ether oxygens (including phenoxy) is 1. The zero-order chi connectivity index (χ0) is 14.6. The van der Waals surface area contributed by atoms with E-state index in [1.54, 1.807) is 20.8 Å². The number of carbonyl (C=O) groups is 1. The Bertz CT molecular complexity index is 429. The molecule has 2 atom stereocenters. The lowest BCUT2D eigenvalue weighted by Crippen LogP contribution is -2.27. The van der Waals surface area contributed by atoms with E-state index >= 15 is 0 Å². The second-order valence-corrected chi connectivity index (χ2v) is 5.95. The summed E-state index contributed by atoms with van der Waals surface area (Å²) in [4.78, 5) is 15.7. The van der Waals surface area contributed by atoms with Crippen molar-refractivity contribution < 1.29 is 24.9 Å². The average Bonchev–Trinajstić information content (AvgIpc) is 2.72. The number of carbonyl (C=O) groups excluding carboxylic acids is 1. The van der Waals surface area contributed by atoms with Crippen molar-refractivity contribution >= 4 is 22.6 Å². The quantitative estimate of drug-likeness (QED) is 0.655. The molecule has 1 aromatic heterocycles. The van der Waals surface area contributed by atoms with E-state index in [0.717, 1.165) is 11.3 Å². The molecule has 0 saturated carbocycles. The molecular formula is C11H18N2O5S. The Morgan fingerprint density at radius 1 is 1.53 bits per heavy atom. The summed E-state index contributed by atoms with van der Waals surface area (Å²) in [6.07, 6.45) is -1.85. The van der Waals surface area contributed by atoms with Crippen molar-refractivity contribution in [2.75, 3.05) is 11.9 Å². The van der Waals surface area contributed by atoms with Crippen LogP contribution in [0.4, 0.5) is 9.93 Å². The summed E-state index contributed by atoms with van der Waals surface area (Å²) in [6, 6.07) is 0. The van der Waals surface area contributed by atoms with E-state index in [1.165, 1.54) is 6.20 Å². The first-order valence-corrected chi connectivity index (χ1v) is 6.47. The Balaban J connectivity index is 2.63. The first kappa shape index (κ1) is 15.8. The van der Waals surface area contributed by atoms with Crippen LogP contribution in [0.1, 0.15) is 31.8 Å². The third-order valence-electron chi connectivity index (χ3n) is 1.97. The van der Waals surface area contributed by atoms with Gasteiger partial charge < -0.3 is 20.1 Å². The van der Waals surface area contributed by atoms with Crippen LogP contribution < -0.4 is 5.32 Å². The molecule has 0 bridgehead atoms. The number of aromatic nitrogens is 1. The van der Waals surface area contributed by atoms with Gasteiger partial charge in [-0.2, -0.15) is 0 Å². The Morgan fingerprint density at radius 3 is 2.68 bits per heavy atom. The van der Waals surface area contributed by atoms with Gasteiger partial charge in [0, 0.05) is 6.20 Å². The number of aliphatic hydroxyl groups excluding tert-OH is 3. The highest BCUT2D eigenvalue weighted by Crippen LogP contribution is 2.26. The summed E-state index contributed by atoms with van der Waals surface area (Å²) in [5, 5.41) is 30.3. The summed E-state index contributed by atoms with van der Waals surface area (Å²) in [5.74, 6) is 0. The van der Waals surface area contributed by atoms with Gasteiger partial charge in [-0.3, -0.25) is 5.32 Å². The number of aliphatic hydroxyl groups is 3. The van der Waals surface area contributed by atoms with E-state index in [2.05, 4.69) is 10.3 Å². The highest BCUT2D eigenvalue weighted by atomic mass is 32.1. The topological polar surface area (TPSA) is 112 Å². The van der Waals surface area contributed by atoms with Crippen molar-refractivity contribution in [3.8, 4) is 0 Å². The van der Waals surface area contributed by atoms with Crippen LogP contribution in [0, 0.1) is 0 Å². The maximum absolute atomic E-state index is 11.5. The third kappa shape index (κ3) is 5.11. The van der Waals surface area contributed by atoms with Crippen molar-refractivity contribution in [2.45, 2.75) is 38.6 Å². The third-order valence-corrected chi connectivity index (χ3v) is 2.96. The molecule has 0 saturated heterocycles. The zero-order valence-corrected chi connectivity index (χ0v) is 11.8. The smallest absolute Gasteiger partial charge is 0.413 e. The Morgan fingerprint density at radius 2 is 2.16 bits per heavy atom. The predicted octanol–water partition coefficient (Wildman–Crippen LogP) is 0.877. The molecular weight excluding hydrogens is 272 g/mol. The van der Waals surface area contributed by atoms with Crippen LogP contribution in [0.15, 0.2) is 6.20 Å². The lowest BCUT2D eigenvalue weighted by molar-refractivity contribution is -0.0136. The van der Waals surface area contributed by atoms with Crippen molar-refractivity contribution in [3.63, 3.8) is 0 Å². The number of anilines is 1. The molecule has 2 unspecified atom stereocenters. The minimum atomic E-state index is -1.28. The molecule has 0 aliphatic carbocycles. The van der Waals surface area contributed by atoms with Crippen LogP contribution in [0.25, 0.3) is 0 Å². The van der Waals surface area contributed by atoms with Crippen molar-refractivity contribution in [3.05, 3.63) is 11.1 Å². The van der Waals surface area contributed by atoms with Gasteiger partial charge in [-0.15, -0.1) is 0 Å². The average molecular weight is 290 g/mol. The molecule has 0 fully saturated rings. The second-order valence-electron chi connectivity index (χ2n) is 4.89. The van der Waals surface area contributed by atoms with Crippen LogP contribution >= 0.6 is 11.3 Å². The molecule has 4 N–H and O–H groups in total. The number of nitrogens with one attached hydrogen (secondary N) is 1. The number of hydrogen-bond acceptors (Lipinski definition) is 7. The number of nitrogens with zero attached hydrogens (tertiary/aromatic N) is 1. The van der Waals surface area contributed by atoms with E-state index in [9.17, 15) is 15.0 Å². The fourth-order valence-corrected chi connectivity index (χ4v) is 2.01. The Kier molecular flexibility index (Phi) is 5.24. The van der Waals surface area contributed by atoms with Crippen molar-refractivity contribution in [2.24, 2.45) is 0 Å². The zero-order valence-electron chi connectivity index (χ0n) is 11.0. The van der Waals surface area contributed by atoms with Gasteiger partial charge >= 0.3 is 6.09 Å². The predicted molar refractivity (Wildman–Crippen MR) is 70.0 cm³/mol. The Hall–Kier alpha value is -1.22. The highest BCUT2D eigenvalue weighted by Gasteiger charge is 2.21. The summed E-state index contributed by atoms with van der Waals surface area (Å²) in [6.45, 7) is 4.65. The van der Waals surface area contributed by atoms with Gasteiger partial charge in [0.2, 0.25) is 0 Å². The van der Waals surface area contributed by atoms with Gasteiger partial charge in [-0.1, -0.05) is 11.3 Å². The molecule has 1 aromatic rings. The lowest BCUT2D eigenvalue weighted by Gasteiger charge is -2.18. The molecule has 0 spiro atoms. The van der Waals surface area contributed by atoms with Gasteiger partial charge in [0.05, 0.1) is 11.5 Å². The number of amides is 1. The molecule has 0 aliphatic rings. The van der Waals surface area contributed by atoms with Crippen LogP contribution in [-0.2, 0) is 4.74 Å². The molecule has 0 radical (unpaired) electrons. The van der Waals surface area contributed by atoms with E-state index in [-0.39, 0.29) is 5.13 Å². The highest BCUT2D eigenvalue weighted by molar-refractivity contribution is 7.15. The minimum absolute atomic E-state index is 0.244. The SMILES string of the molecule is CC(C)(C)OC(=O)Nc1ncc(C(O)C(O)CO)s1. The molecule has 108 valence electrons. The molecule has 0 aliphatic heterocycles. The van der Waals surface area contributed by atoms with Crippen LogP contribution in [0.5, 0.6) is 0 Å². The van der Waals surface area contributed by atoms with Gasteiger partial charge in [0.25, 0.3) is 0 Å². The Labute approximate surface area is 114 Å². The molecule has 0 aromatic carbocycles. The van der Waals surface area contributed by atoms with Crippen LogP contribution in [0.3, 0.4) is 0 Å². The van der Waals surface area contributed by atoms with Gasteiger partial charge in [-0.25, -0.2) is 9.78 Å². The summed E-state index contributed by atoms with van der Waals surface area (Å²) < 4.78 is 5.04. The van der Waals surface area contributed by atoms with Gasteiger partial charge in [0.15, 0.2) is 5.13 Å². The minimum Gasteiger partial charge on any atom is -0.444 e. The maximum Gasteiger partial charge on any atom is 0.413 e. The molecule has 8 heteroatoms. The normalized spacial score (nSPS) is 14.8. The molecule has 1 amide bonds. The fraction of sp³-hybridized carbons (Fsp3) is 0.636. The van der Waals surface area contributed by atoms with E-state index in [4.69, 9.17) is 9.84 Å². The first-order valence-electron chi connectivity index (χ1n) is 5.65. The first-order chi connectivity index (χ1) is 8.73. The fourth-order valence-electron chi connectivity index (χ4n) is 1.16. The largest absolute Gasteiger partial charge is 0.444 e. The number of thiazole rings is 1. The van der Waals surface area contributed by atoms with E-state index in [0.29, 0.717) is 4.88 Å². The van der Waals surface area contributed by atoms with E-state index < -0.39 is 30.5 Å². The number of hydrogen-bond donors (Lipinski definition) is 4. The summed E-state index contributed by atoms with van der Waals surface area (Å²) >= 11 is 0.995. The van der Waals surface area contributed by atoms with E-state index in [1.807, 2.05) is 0 Å². The summed E-state index contributed by atoms with van der Waals surface area (Å²) in [5.41, 5.74) is -0.614. The van der Waals surface area contributed by atoms with Crippen molar-refractivity contribution in [1.29, 1.82) is 0 Å². The molecule has 1 rings (SSSR count). The molecule has 1 heterocycles. The standard InChI is InChI=1S/C11H18N2O5S/c1-11(2,3)18-10(17)13-9-12-4-7(19-9)8(16)6(15)5-14/h4,6,8,14-16H,5H2,1-3H3,(H,12,13,17). The lowest BCUT2D eigenvalue weighted by atomic mass is 10.2. The molecule has 19 heavy (non-hydrogen) atoms. The van der Waals surface area contributed by atoms with Gasteiger partial charge in [0.1, 0.15) is 17.8 Å². The van der Waals surface area contributed by atoms with Gasteiger partial charge in [-0.05, 0) is 20.8 Å². The molecule has 7 nitrogen and oxygen atoms in total. The summed E-state index contributed by atoms with van der Waals surface area (Å²) in [7, 11) is 0.